The van der Waals surface area contributed by atoms with Gasteiger partial charge in [-0.2, -0.15) is 8.75 Å². The zero-order valence-corrected chi connectivity index (χ0v) is 6.99. The van der Waals surface area contributed by atoms with Gasteiger partial charge in [0.1, 0.15) is 0 Å². The van der Waals surface area contributed by atoms with Crippen LogP contribution >= 0.6 is 11.7 Å². The SMILES string of the molecule is NC(c1ccoc1)c1cnsn1. The second-order valence-corrected chi connectivity index (χ2v) is 2.92. The normalized spacial score (nSPS) is 13.1. The molecule has 2 heterocycles. The predicted molar refractivity (Wildman–Crippen MR) is 44.6 cm³/mol. The molecule has 0 aliphatic rings. The zero-order chi connectivity index (χ0) is 8.39. The molecule has 0 radical (unpaired) electrons. The Morgan fingerprint density at radius 1 is 1.58 bits per heavy atom. The zero-order valence-electron chi connectivity index (χ0n) is 6.18. The van der Waals surface area contributed by atoms with Crippen molar-refractivity contribution >= 4 is 11.7 Å². The number of hydrogen-bond donors (Lipinski definition) is 1. The fourth-order valence-electron chi connectivity index (χ4n) is 0.932. The molecule has 4 nitrogen and oxygen atoms in total. The maximum absolute atomic E-state index is 5.85. The van der Waals surface area contributed by atoms with E-state index < -0.39 is 0 Å². The van der Waals surface area contributed by atoms with Crippen molar-refractivity contribution in [3.05, 3.63) is 36.0 Å². The molecule has 0 aliphatic heterocycles. The van der Waals surface area contributed by atoms with Crippen LogP contribution in [0.3, 0.4) is 0 Å². The van der Waals surface area contributed by atoms with Crippen molar-refractivity contribution in [2.45, 2.75) is 6.04 Å². The van der Waals surface area contributed by atoms with Crippen LogP contribution in [0.1, 0.15) is 17.3 Å². The van der Waals surface area contributed by atoms with Gasteiger partial charge in [-0.1, -0.05) is 0 Å². The molecule has 0 amide bonds. The highest BCUT2D eigenvalue weighted by atomic mass is 32.1. The van der Waals surface area contributed by atoms with Crippen molar-refractivity contribution in [2.24, 2.45) is 5.73 Å². The first-order valence-corrected chi connectivity index (χ1v) is 4.16. The van der Waals surface area contributed by atoms with E-state index >= 15 is 0 Å². The molecule has 5 heteroatoms. The number of nitrogens with two attached hydrogens (primary N) is 1. The molecule has 2 rings (SSSR count). The van der Waals surface area contributed by atoms with Crippen LogP contribution in [-0.2, 0) is 0 Å². The molecule has 2 aromatic heterocycles. The summed E-state index contributed by atoms with van der Waals surface area (Å²) in [5, 5.41) is 0. The van der Waals surface area contributed by atoms with E-state index in [9.17, 15) is 0 Å². The Kier molecular flexibility index (Phi) is 1.89. The minimum Gasteiger partial charge on any atom is -0.472 e. The smallest absolute Gasteiger partial charge is 0.0956 e. The maximum Gasteiger partial charge on any atom is 0.0956 e. The Hall–Kier alpha value is -1.20. The number of nitrogens with zero attached hydrogens (tertiary/aromatic N) is 2. The summed E-state index contributed by atoms with van der Waals surface area (Å²) in [5.41, 5.74) is 7.55. The summed E-state index contributed by atoms with van der Waals surface area (Å²) >= 11 is 1.15. The minimum atomic E-state index is -0.220. The molecular weight excluding hydrogens is 174 g/mol. The fourth-order valence-corrected chi connectivity index (χ4v) is 1.39. The highest BCUT2D eigenvalue weighted by Crippen LogP contribution is 2.17. The van der Waals surface area contributed by atoms with Gasteiger partial charge in [0.25, 0.3) is 0 Å². The van der Waals surface area contributed by atoms with E-state index in [1.807, 2.05) is 6.07 Å². The molecule has 1 atom stereocenters. The topological polar surface area (TPSA) is 64.9 Å². The van der Waals surface area contributed by atoms with E-state index in [0.717, 1.165) is 23.0 Å². The first-order valence-electron chi connectivity index (χ1n) is 3.43. The predicted octanol–water partition coefficient (Wildman–Crippen LogP) is 1.18. The second-order valence-electron chi connectivity index (χ2n) is 2.37. The third-order valence-electron chi connectivity index (χ3n) is 1.60. The molecule has 12 heavy (non-hydrogen) atoms. The quantitative estimate of drug-likeness (QED) is 0.755. The first kappa shape index (κ1) is 7.45. The largest absolute Gasteiger partial charge is 0.472 e. The van der Waals surface area contributed by atoms with Crippen molar-refractivity contribution < 1.29 is 4.42 Å². The highest BCUT2D eigenvalue weighted by Gasteiger charge is 2.11. The molecule has 0 saturated carbocycles. The minimum absolute atomic E-state index is 0.220. The molecule has 62 valence electrons. The Labute approximate surface area is 73.3 Å². The summed E-state index contributed by atoms with van der Waals surface area (Å²) in [7, 11) is 0. The van der Waals surface area contributed by atoms with Crippen LogP contribution in [0.25, 0.3) is 0 Å². The van der Waals surface area contributed by atoms with Gasteiger partial charge in [0.15, 0.2) is 0 Å². The molecule has 1 unspecified atom stereocenters. The van der Waals surface area contributed by atoms with E-state index in [1.165, 1.54) is 0 Å². The number of furan rings is 1. The van der Waals surface area contributed by atoms with E-state index in [4.69, 9.17) is 10.2 Å². The van der Waals surface area contributed by atoms with Gasteiger partial charge < -0.3 is 10.2 Å². The van der Waals surface area contributed by atoms with Gasteiger partial charge in [-0.3, -0.25) is 0 Å². The lowest BCUT2D eigenvalue weighted by Gasteiger charge is -2.02. The molecule has 2 N–H and O–H groups in total. The Morgan fingerprint density at radius 2 is 2.50 bits per heavy atom. The van der Waals surface area contributed by atoms with E-state index in [2.05, 4.69) is 8.75 Å². The maximum atomic E-state index is 5.85. The van der Waals surface area contributed by atoms with Gasteiger partial charge in [0.2, 0.25) is 0 Å². The third-order valence-corrected chi connectivity index (χ3v) is 2.09. The van der Waals surface area contributed by atoms with Gasteiger partial charge in [-0.25, -0.2) is 0 Å². The third kappa shape index (κ3) is 1.24. The van der Waals surface area contributed by atoms with Crippen LogP contribution in [0.15, 0.2) is 29.2 Å². The second kappa shape index (κ2) is 3.04. The van der Waals surface area contributed by atoms with Crippen LogP contribution in [0.5, 0.6) is 0 Å². The van der Waals surface area contributed by atoms with Crippen LogP contribution in [0.4, 0.5) is 0 Å². The molecule has 2 aromatic rings. The molecular formula is C7H7N3OS. The van der Waals surface area contributed by atoms with Gasteiger partial charge in [-0.15, -0.1) is 0 Å². The van der Waals surface area contributed by atoms with Gasteiger partial charge in [-0.05, 0) is 6.07 Å². The monoisotopic (exact) mass is 181 g/mol. The standard InChI is InChI=1S/C7H7N3OS/c8-7(5-1-2-11-4-5)6-3-9-12-10-6/h1-4,7H,8H2. The average molecular weight is 181 g/mol. The van der Waals surface area contributed by atoms with E-state index in [1.54, 1.807) is 18.7 Å². The number of aromatic nitrogens is 2. The van der Waals surface area contributed by atoms with Crippen LogP contribution in [0, 0.1) is 0 Å². The molecule has 0 aromatic carbocycles. The highest BCUT2D eigenvalue weighted by molar-refractivity contribution is 6.99. The van der Waals surface area contributed by atoms with Crippen LogP contribution in [0.2, 0.25) is 0 Å². The Bertz CT molecular complexity index is 295. The summed E-state index contributed by atoms with van der Waals surface area (Å²) in [6.45, 7) is 0. The van der Waals surface area contributed by atoms with Crippen molar-refractivity contribution in [1.29, 1.82) is 0 Å². The molecule has 0 spiro atoms. The summed E-state index contributed by atoms with van der Waals surface area (Å²) in [6, 6.07) is 1.60. The van der Waals surface area contributed by atoms with Crippen LogP contribution < -0.4 is 5.73 Å². The summed E-state index contributed by atoms with van der Waals surface area (Å²) in [5.74, 6) is 0. The lowest BCUT2D eigenvalue weighted by Crippen LogP contribution is -2.10. The molecule has 0 saturated heterocycles. The van der Waals surface area contributed by atoms with Gasteiger partial charge in [0.05, 0.1) is 42.2 Å². The Morgan fingerprint density at radius 3 is 3.08 bits per heavy atom. The molecule has 0 bridgehead atoms. The number of rotatable bonds is 2. The van der Waals surface area contributed by atoms with Gasteiger partial charge >= 0.3 is 0 Å². The van der Waals surface area contributed by atoms with Crippen molar-refractivity contribution in [3.63, 3.8) is 0 Å². The van der Waals surface area contributed by atoms with Crippen molar-refractivity contribution in [3.8, 4) is 0 Å². The van der Waals surface area contributed by atoms with Crippen LogP contribution in [-0.4, -0.2) is 8.75 Å². The lowest BCUT2D eigenvalue weighted by molar-refractivity contribution is 0.561. The molecule has 0 aliphatic carbocycles. The first-order chi connectivity index (χ1) is 5.88. The summed E-state index contributed by atoms with van der Waals surface area (Å²) in [4.78, 5) is 0. The summed E-state index contributed by atoms with van der Waals surface area (Å²) < 4.78 is 12.8. The Balaban J connectivity index is 2.27. The number of hydrogen-bond acceptors (Lipinski definition) is 5. The van der Waals surface area contributed by atoms with Gasteiger partial charge in [0, 0.05) is 5.56 Å². The lowest BCUT2D eigenvalue weighted by atomic mass is 10.1. The van der Waals surface area contributed by atoms with E-state index in [0.29, 0.717) is 0 Å². The van der Waals surface area contributed by atoms with Crippen molar-refractivity contribution in [2.75, 3.05) is 0 Å². The van der Waals surface area contributed by atoms with E-state index in [-0.39, 0.29) is 6.04 Å². The van der Waals surface area contributed by atoms with Crippen molar-refractivity contribution in [1.82, 2.24) is 8.75 Å². The average Bonchev–Trinajstić information content (AvgIpc) is 2.77. The fraction of sp³-hybridized carbons (Fsp3) is 0.143. The molecule has 0 fully saturated rings. The summed E-state index contributed by atoms with van der Waals surface area (Å²) in [6.07, 6.45) is 4.88.